The van der Waals surface area contributed by atoms with Crippen molar-refractivity contribution in [3.63, 3.8) is 0 Å². The molecule has 0 radical (unpaired) electrons. The standard InChI is InChI=1S/C13H16ClN3/c1-13(2,3)15-12-8-11(16-17-12)9-5-4-6-10(14)7-9/h4-8H,1-3H3,(H2,15,16,17). The lowest BCUT2D eigenvalue weighted by Gasteiger charge is -2.19. The lowest BCUT2D eigenvalue weighted by Crippen LogP contribution is -2.26. The van der Waals surface area contributed by atoms with Gasteiger partial charge in [0.2, 0.25) is 0 Å². The molecule has 0 aliphatic rings. The van der Waals surface area contributed by atoms with Crippen LogP contribution in [0.1, 0.15) is 20.8 Å². The lowest BCUT2D eigenvalue weighted by molar-refractivity contribution is 0.630. The zero-order valence-electron chi connectivity index (χ0n) is 10.2. The Morgan fingerprint density at radius 1 is 1.24 bits per heavy atom. The number of nitrogens with one attached hydrogen (secondary N) is 2. The Bertz CT molecular complexity index is 511. The molecule has 0 aliphatic heterocycles. The van der Waals surface area contributed by atoms with Gasteiger partial charge in [-0.1, -0.05) is 23.7 Å². The highest BCUT2D eigenvalue weighted by Gasteiger charge is 2.12. The molecule has 0 aliphatic carbocycles. The molecule has 0 atom stereocenters. The van der Waals surface area contributed by atoms with E-state index in [1.807, 2.05) is 30.3 Å². The maximum atomic E-state index is 5.96. The van der Waals surface area contributed by atoms with Crippen molar-refractivity contribution in [2.45, 2.75) is 26.3 Å². The van der Waals surface area contributed by atoms with Crippen molar-refractivity contribution in [2.24, 2.45) is 0 Å². The van der Waals surface area contributed by atoms with E-state index in [4.69, 9.17) is 11.6 Å². The second-order valence-corrected chi connectivity index (χ2v) is 5.49. The van der Waals surface area contributed by atoms with Crippen LogP contribution in [-0.2, 0) is 0 Å². The second kappa shape index (κ2) is 4.41. The lowest BCUT2D eigenvalue weighted by atomic mass is 10.1. The van der Waals surface area contributed by atoms with E-state index in [0.29, 0.717) is 0 Å². The van der Waals surface area contributed by atoms with Crippen LogP contribution in [-0.4, -0.2) is 15.7 Å². The molecule has 0 spiro atoms. The summed E-state index contributed by atoms with van der Waals surface area (Å²) in [6.45, 7) is 6.29. The van der Waals surface area contributed by atoms with Crippen molar-refractivity contribution >= 4 is 17.4 Å². The smallest absolute Gasteiger partial charge is 0.148 e. The fraction of sp³-hybridized carbons (Fsp3) is 0.308. The number of hydrogen-bond donors (Lipinski definition) is 2. The summed E-state index contributed by atoms with van der Waals surface area (Å²) in [5, 5.41) is 11.3. The van der Waals surface area contributed by atoms with Gasteiger partial charge in [-0.3, -0.25) is 5.10 Å². The van der Waals surface area contributed by atoms with E-state index < -0.39 is 0 Å². The minimum Gasteiger partial charge on any atom is -0.364 e. The minimum atomic E-state index is 0.000790. The minimum absolute atomic E-state index is 0.000790. The van der Waals surface area contributed by atoms with Gasteiger partial charge in [0.05, 0.1) is 5.69 Å². The van der Waals surface area contributed by atoms with Crippen molar-refractivity contribution in [2.75, 3.05) is 5.32 Å². The Hall–Kier alpha value is -1.48. The van der Waals surface area contributed by atoms with Gasteiger partial charge in [0.1, 0.15) is 5.82 Å². The Morgan fingerprint density at radius 3 is 2.65 bits per heavy atom. The summed E-state index contributed by atoms with van der Waals surface area (Å²) < 4.78 is 0. The number of nitrogens with zero attached hydrogens (tertiary/aromatic N) is 1. The van der Waals surface area contributed by atoms with Gasteiger partial charge < -0.3 is 5.32 Å². The van der Waals surface area contributed by atoms with E-state index in [9.17, 15) is 0 Å². The van der Waals surface area contributed by atoms with E-state index in [0.717, 1.165) is 22.1 Å². The number of benzene rings is 1. The number of anilines is 1. The SMILES string of the molecule is CC(C)(C)Nc1cc(-c2cccc(Cl)c2)[nH]n1. The maximum absolute atomic E-state index is 5.96. The van der Waals surface area contributed by atoms with Gasteiger partial charge in [0.15, 0.2) is 0 Å². The second-order valence-electron chi connectivity index (χ2n) is 5.05. The van der Waals surface area contributed by atoms with Crippen LogP contribution >= 0.6 is 11.6 Å². The molecule has 1 aromatic carbocycles. The Labute approximate surface area is 106 Å². The fourth-order valence-corrected chi connectivity index (χ4v) is 1.76. The number of rotatable bonds is 2. The molecule has 90 valence electrons. The van der Waals surface area contributed by atoms with Crippen LogP contribution in [0.3, 0.4) is 0 Å². The third kappa shape index (κ3) is 3.24. The zero-order chi connectivity index (χ0) is 12.5. The number of aromatic amines is 1. The van der Waals surface area contributed by atoms with Crippen LogP contribution < -0.4 is 5.32 Å². The summed E-state index contributed by atoms with van der Waals surface area (Å²) in [4.78, 5) is 0. The highest BCUT2D eigenvalue weighted by Crippen LogP contribution is 2.23. The van der Waals surface area contributed by atoms with Gasteiger partial charge in [-0.05, 0) is 32.9 Å². The van der Waals surface area contributed by atoms with Crippen LogP contribution in [0.15, 0.2) is 30.3 Å². The first-order valence-electron chi connectivity index (χ1n) is 5.53. The fourth-order valence-electron chi connectivity index (χ4n) is 1.57. The third-order valence-corrected chi connectivity index (χ3v) is 2.45. The molecule has 3 nitrogen and oxygen atoms in total. The summed E-state index contributed by atoms with van der Waals surface area (Å²) in [5.74, 6) is 0.840. The van der Waals surface area contributed by atoms with Crippen molar-refractivity contribution in [3.05, 3.63) is 35.4 Å². The molecular weight excluding hydrogens is 234 g/mol. The molecule has 0 unspecified atom stereocenters. The molecule has 0 saturated heterocycles. The van der Waals surface area contributed by atoms with Crippen molar-refractivity contribution < 1.29 is 0 Å². The van der Waals surface area contributed by atoms with Crippen LogP contribution in [0.4, 0.5) is 5.82 Å². The van der Waals surface area contributed by atoms with Gasteiger partial charge >= 0.3 is 0 Å². The van der Waals surface area contributed by atoms with Crippen molar-refractivity contribution in [3.8, 4) is 11.3 Å². The molecule has 2 aromatic rings. The maximum Gasteiger partial charge on any atom is 0.148 e. The molecule has 0 saturated carbocycles. The number of hydrogen-bond acceptors (Lipinski definition) is 2. The highest BCUT2D eigenvalue weighted by molar-refractivity contribution is 6.30. The molecule has 4 heteroatoms. The molecule has 0 fully saturated rings. The first-order chi connectivity index (χ1) is 7.94. The Kier molecular flexibility index (Phi) is 3.11. The summed E-state index contributed by atoms with van der Waals surface area (Å²) in [6.07, 6.45) is 0. The number of H-pyrrole nitrogens is 1. The van der Waals surface area contributed by atoms with Crippen LogP contribution in [0, 0.1) is 0 Å². The van der Waals surface area contributed by atoms with Crippen molar-refractivity contribution in [1.82, 2.24) is 10.2 Å². The average molecular weight is 250 g/mol. The number of aromatic nitrogens is 2. The van der Waals surface area contributed by atoms with E-state index in [-0.39, 0.29) is 5.54 Å². The quantitative estimate of drug-likeness (QED) is 0.846. The molecular formula is C13H16ClN3. The van der Waals surface area contributed by atoms with Gasteiger partial charge in [0.25, 0.3) is 0 Å². The predicted octanol–water partition coefficient (Wildman–Crippen LogP) is 3.94. The molecule has 2 N–H and O–H groups in total. The largest absolute Gasteiger partial charge is 0.364 e. The summed E-state index contributed by atoms with van der Waals surface area (Å²) in [7, 11) is 0. The molecule has 17 heavy (non-hydrogen) atoms. The normalized spacial score (nSPS) is 11.5. The van der Waals surface area contributed by atoms with Gasteiger partial charge in [-0.2, -0.15) is 5.10 Å². The summed E-state index contributed by atoms with van der Waals surface area (Å²) in [5.41, 5.74) is 1.99. The zero-order valence-corrected chi connectivity index (χ0v) is 11.0. The van der Waals surface area contributed by atoms with Gasteiger partial charge in [-0.15, -0.1) is 0 Å². The summed E-state index contributed by atoms with van der Waals surface area (Å²) >= 11 is 5.96. The third-order valence-electron chi connectivity index (χ3n) is 2.22. The molecule has 2 rings (SSSR count). The summed E-state index contributed by atoms with van der Waals surface area (Å²) in [6, 6.07) is 9.68. The first kappa shape index (κ1) is 12.0. The van der Waals surface area contributed by atoms with Gasteiger partial charge in [0, 0.05) is 22.2 Å². The van der Waals surface area contributed by atoms with Crippen LogP contribution in [0.25, 0.3) is 11.3 Å². The van der Waals surface area contributed by atoms with Gasteiger partial charge in [-0.25, -0.2) is 0 Å². The molecule has 1 aromatic heterocycles. The highest BCUT2D eigenvalue weighted by atomic mass is 35.5. The van der Waals surface area contributed by atoms with E-state index in [1.54, 1.807) is 0 Å². The Morgan fingerprint density at radius 2 is 2.00 bits per heavy atom. The first-order valence-corrected chi connectivity index (χ1v) is 5.91. The van der Waals surface area contributed by atoms with Crippen molar-refractivity contribution in [1.29, 1.82) is 0 Å². The number of halogens is 1. The van der Waals surface area contributed by atoms with E-state index >= 15 is 0 Å². The predicted molar refractivity (Wildman–Crippen MR) is 72.4 cm³/mol. The average Bonchev–Trinajstić information content (AvgIpc) is 2.63. The van der Waals surface area contributed by atoms with E-state index in [1.165, 1.54) is 0 Å². The monoisotopic (exact) mass is 249 g/mol. The van der Waals surface area contributed by atoms with Crippen LogP contribution in [0.2, 0.25) is 5.02 Å². The Balaban J connectivity index is 2.24. The van der Waals surface area contributed by atoms with Crippen LogP contribution in [0.5, 0.6) is 0 Å². The van der Waals surface area contributed by atoms with E-state index in [2.05, 4.69) is 36.3 Å². The topological polar surface area (TPSA) is 40.7 Å². The molecule has 0 amide bonds. The molecule has 0 bridgehead atoms. The molecule has 1 heterocycles.